The second kappa shape index (κ2) is 8.50. The maximum absolute atomic E-state index is 12.3. The van der Waals surface area contributed by atoms with E-state index >= 15 is 0 Å². The molecule has 0 saturated carbocycles. The minimum atomic E-state index is -1.36. The van der Waals surface area contributed by atoms with Gasteiger partial charge in [0.15, 0.2) is 5.41 Å². The zero-order valence-electron chi connectivity index (χ0n) is 14.1. The second-order valence-corrected chi connectivity index (χ2v) is 5.27. The Bertz CT molecular complexity index is 511. The lowest BCUT2D eigenvalue weighted by atomic mass is 9.83. The zero-order valence-corrected chi connectivity index (χ0v) is 14.1. The van der Waals surface area contributed by atoms with Crippen LogP contribution in [0.1, 0.15) is 40.5 Å². The molecule has 0 amide bonds. The number of carbonyl (C=O) groups is 3. The third-order valence-electron chi connectivity index (χ3n) is 3.65. The Morgan fingerprint density at radius 2 is 1.48 bits per heavy atom. The second-order valence-electron chi connectivity index (χ2n) is 5.27. The molecule has 0 heterocycles. The van der Waals surface area contributed by atoms with Gasteiger partial charge in [0.2, 0.25) is 0 Å². The van der Waals surface area contributed by atoms with Crippen molar-refractivity contribution in [1.82, 2.24) is 0 Å². The van der Waals surface area contributed by atoms with Crippen molar-refractivity contribution in [3.05, 3.63) is 23.3 Å². The molecule has 0 atom stereocenters. The fourth-order valence-electron chi connectivity index (χ4n) is 2.58. The van der Waals surface area contributed by atoms with Gasteiger partial charge in [-0.05, 0) is 46.1 Å². The molecule has 23 heavy (non-hydrogen) atoms. The molecule has 0 N–H and O–H groups in total. The average Bonchev–Trinajstić information content (AvgIpc) is 2.84. The summed E-state index contributed by atoms with van der Waals surface area (Å²) in [4.78, 5) is 36.1. The van der Waals surface area contributed by atoms with Crippen molar-refractivity contribution in [2.24, 2.45) is 5.41 Å². The van der Waals surface area contributed by atoms with Gasteiger partial charge < -0.3 is 14.2 Å². The molecular weight excluding hydrogens is 300 g/mol. The van der Waals surface area contributed by atoms with Crippen LogP contribution in [-0.2, 0) is 28.6 Å². The summed E-state index contributed by atoms with van der Waals surface area (Å²) in [7, 11) is 0. The average molecular weight is 324 g/mol. The number of hydrogen-bond acceptors (Lipinski definition) is 6. The minimum absolute atomic E-state index is 0.159. The zero-order chi connectivity index (χ0) is 17.5. The molecule has 0 spiro atoms. The smallest absolute Gasteiger partial charge is 0.330 e. The van der Waals surface area contributed by atoms with Crippen molar-refractivity contribution < 1.29 is 28.6 Å². The van der Waals surface area contributed by atoms with Gasteiger partial charge in [0.1, 0.15) is 0 Å². The van der Waals surface area contributed by atoms with Gasteiger partial charge in [-0.2, -0.15) is 0 Å². The Kier molecular flexibility index (Phi) is 7.00. The first-order valence-corrected chi connectivity index (χ1v) is 7.79. The molecule has 0 aromatic heterocycles. The summed E-state index contributed by atoms with van der Waals surface area (Å²) < 4.78 is 15.0. The molecule has 1 aliphatic rings. The summed E-state index contributed by atoms with van der Waals surface area (Å²) in [6.45, 7) is 7.58. The highest BCUT2D eigenvalue weighted by atomic mass is 16.6. The molecule has 0 aromatic rings. The van der Waals surface area contributed by atoms with Crippen LogP contribution in [-0.4, -0.2) is 37.7 Å². The maximum atomic E-state index is 12.3. The SMILES string of the molecule is CCOC(=O)/C=C/C1=C(C)CC(C(=O)OCC)(C(=O)OCC)C1. The number of esters is 3. The molecule has 128 valence electrons. The molecule has 0 fully saturated rings. The van der Waals surface area contributed by atoms with Crippen molar-refractivity contribution in [3.8, 4) is 0 Å². The highest BCUT2D eigenvalue weighted by Crippen LogP contribution is 2.44. The van der Waals surface area contributed by atoms with Crippen molar-refractivity contribution in [2.45, 2.75) is 40.5 Å². The van der Waals surface area contributed by atoms with E-state index in [9.17, 15) is 14.4 Å². The van der Waals surface area contributed by atoms with E-state index < -0.39 is 23.3 Å². The first-order chi connectivity index (χ1) is 10.9. The van der Waals surface area contributed by atoms with Crippen LogP contribution >= 0.6 is 0 Å². The summed E-state index contributed by atoms with van der Waals surface area (Å²) >= 11 is 0. The fraction of sp³-hybridized carbons (Fsp3) is 0.588. The molecule has 0 aromatic carbocycles. The molecule has 6 nitrogen and oxygen atoms in total. The van der Waals surface area contributed by atoms with E-state index in [2.05, 4.69) is 0 Å². The van der Waals surface area contributed by atoms with Gasteiger partial charge in [0.25, 0.3) is 0 Å². The molecule has 1 rings (SSSR count). The van der Waals surface area contributed by atoms with Crippen LogP contribution in [0.25, 0.3) is 0 Å². The standard InChI is InChI=1S/C17H24O6/c1-5-21-14(18)9-8-13-11-17(10-12(13)4,15(19)22-6-2)16(20)23-7-3/h8-9H,5-7,10-11H2,1-4H3/b9-8+. The van der Waals surface area contributed by atoms with Crippen LogP contribution in [0.5, 0.6) is 0 Å². The minimum Gasteiger partial charge on any atom is -0.465 e. The Morgan fingerprint density at radius 3 is 1.96 bits per heavy atom. The molecule has 0 saturated heterocycles. The molecule has 0 unspecified atom stereocenters. The number of ether oxygens (including phenoxy) is 3. The van der Waals surface area contributed by atoms with E-state index in [4.69, 9.17) is 14.2 Å². The fourth-order valence-corrected chi connectivity index (χ4v) is 2.58. The summed E-state index contributed by atoms with van der Waals surface area (Å²) in [6, 6.07) is 0. The van der Waals surface area contributed by atoms with Crippen LogP contribution in [0.2, 0.25) is 0 Å². The van der Waals surface area contributed by atoms with Crippen LogP contribution in [0.4, 0.5) is 0 Å². The number of carbonyl (C=O) groups excluding carboxylic acids is 3. The van der Waals surface area contributed by atoms with E-state index in [1.807, 2.05) is 6.92 Å². The predicted octanol–water partition coefficient (Wildman–Crippen LogP) is 2.33. The normalized spacial score (nSPS) is 16.5. The van der Waals surface area contributed by atoms with Crippen LogP contribution < -0.4 is 0 Å². The van der Waals surface area contributed by atoms with Crippen LogP contribution in [0, 0.1) is 5.41 Å². The molecular formula is C17H24O6. The number of rotatable bonds is 7. The van der Waals surface area contributed by atoms with E-state index in [0.717, 1.165) is 11.1 Å². The first-order valence-electron chi connectivity index (χ1n) is 7.79. The Hall–Kier alpha value is -2.11. The van der Waals surface area contributed by atoms with E-state index in [1.54, 1.807) is 26.8 Å². The van der Waals surface area contributed by atoms with Crippen molar-refractivity contribution in [2.75, 3.05) is 19.8 Å². The molecule has 1 aliphatic carbocycles. The summed E-state index contributed by atoms with van der Waals surface area (Å²) in [5, 5.41) is 0. The highest BCUT2D eigenvalue weighted by Gasteiger charge is 2.52. The first kappa shape index (κ1) is 18.9. The number of allylic oxidation sites excluding steroid dienone is 3. The number of hydrogen-bond donors (Lipinski definition) is 0. The van der Waals surface area contributed by atoms with Gasteiger partial charge in [0.05, 0.1) is 19.8 Å². The quantitative estimate of drug-likeness (QED) is 0.309. The van der Waals surface area contributed by atoms with Gasteiger partial charge in [0, 0.05) is 6.08 Å². The van der Waals surface area contributed by atoms with Gasteiger partial charge >= 0.3 is 17.9 Å². The lowest BCUT2D eigenvalue weighted by Crippen LogP contribution is -2.40. The van der Waals surface area contributed by atoms with Gasteiger partial charge in [-0.1, -0.05) is 11.6 Å². The van der Waals surface area contributed by atoms with Gasteiger partial charge in [-0.3, -0.25) is 9.59 Å². The van der Waals surface area contributed by atoms with E-state index in [-0.39, 0.29) is 32.7 Å². The largest absolute Gasteiger partial charge is 0.465 e. The Balaban J connectivity index is 2.99. The third kappa shape index (κ3) is 4.43. The van der Waals surface area contributed by atoms with Crippen molar-refractivity contribution in [1.29, 1.82) is 0 Å². The van der Waals surface area contributed by atoms with Crippen molar-refractivity contribution in [3.63, 3.8) is 0 Å². The highest BCUT2D eigenvalue weighted by molar-refractivity contribution is 6.01. The summed E-state index contributed by atoms with van der Waals surface area (Å²) in [6.07, 6.45) is 3.28. The summed E-state index contributed by atoms with van der Waals surface area (Å²) in [5.41, 5.74) is 0.246. The molecule has 0 radical (unpaired) electrons. The lowest BCUT2D eigenvalue weighted by molar-refractivity contribution is -0.171. The Morgan fingerprint density at radius 1 is 0.957 bits per heavy atom. The summed E-state index contributed by atoms with van der Waals surface area (Å²) in [5.74, 6) is -1.63. The maximum Gasteiger partial charge on any atom is 0.330 e. The van der Waals surface area contributed by atoms with Gasteiger partial charge in [-0.15, -0.1) is 0 Å². The van der Waals surface area contributed by atoms with Gasteiger partial charge in [-0.25, -0.2) is 4.79 Å². The third-order valence-corrected chi connectivity index (χ3v) is 3.65. The van der Waals surface area contributed by atoms with Crippen molar-refractivity contribution >= 4 is 17.9 Å². The molecule has 0 aliphatic heterocycles. The molecule has 6 heteroatoms. The topological polar surface area (TPSA) is 78.9 Å². The van der Waals surface area contributed by atoms with Crippen LogP contribution in [0.15, 0.2) is 23.3 Å². The predicted molar refractivity (Wildman–Crippen MR) is 83.4 cm³/mol. The Labute approximate surface area is 136 Å². The monoisotopic (exact) mass is 324 g/mol. The lowest BCUT2D eigenvalue weighted by Gasteiger charge is -2.24. The van der Waals surface area contributed by atoms with E-state index in [1.165, 1.54) is 6.08 Å². The van der Waals surface area contributed by atoms with E-state index in [0.29, 0.717) is 0 Å². The van der Waals surface area contributed by atoms with Crippen LogP contribution in [0.3, 0.4) is 0 Å². The molecule has 0 bridgehead atoms.